The molecule has 0 radical (unpaired) electrons. The van der Waals surface area contributed by atoms with Gasteiger partial charge in [0.25, 0.3) is 0 Å². The van der Waals surface area contributed by atoms with Crippen LogP contribution in [0.25, 0.3) is 0 Å². The first-order valence-electron chi connectivity index (χ1n) is 6.32. The van der Waals surface area contributed by atoms with Gasteiger partial charge in [0.1, 0.15) is 5.69 Å². The lowest BCUT2D eigenvalue weighted by Crippen LogP contribution is -2.42. The first-order valence-corrected chi connectivity index (χ1v) is 6.32. The fourth-order valence-corrected chi connectivity index (χ4v) is 2.20. The molecule has 0 aliphatic carbocycles. The minimum atomic E-state index is -1.14. The highest BCUT2D eigenvalue weighted by molar-refractivity contribution is 5.94. The molecule has 1 unspecified atom stereocenters. The van der Waals surface area contributed by atoms with Gasteiger partial charge in [0.05, 0.1) is 5.92 Å². The number of aromatic carboxylic acids is 1. The molecule has 1 atom stereocenters. The van der Waals surface area contributed by atoms with Crippen LogP contribution in [0.5, 0.6) is 0 Å². The molecule has 8 nitrogen and oxygen atoms in total. The maximum Gasteiger partial charge on any atom is 0.353 e. The van der Waals surface area contributed by atoms with Crippen molar-refractivity contribution in [3.05, 3.63) is 11.8 Å². The minimum absolute atomic E-state index is 0.0459. The van der Waals surface area contributed by atoms with Crippen LogP contribution in [0.1, 0.15) is 30.3 Å². The van der Waals surface area contributed by atoms with E-state index in [9.17, 15) is 14.4 Å². The van der Waals surface area contributed by atoms with Crippen LogP contribution in [0.2, 0.25) is 0 Å². The number of aromatic amines is 1. The summed E-state index contributed by atoms with van der Waals surface area (Å²) in [4.78, 5) is 35.7. The molecular formula is C12H16N4O4. The number of carboxylic acid groups (broad SMARTS) is 1. The molecule has 2 heterocycles. The Balaban J connectivity index is 1.96. The molecule has 1 aromatic rings. The Hall–Kier alpha value is -2.38. The van der Waals surface area contributed by atoms with E-state index in [1.807, 2.05) is 0 Å². The molecule has 1 saturated heterocycles. The SMILES string of the molecule is CC(=O)N1CCCC(C(=O)Nc2cc(C(=O)O)[nH]n2)C1. The highest BCUT2D eigenvalue weighted by Crippen LogP contribution is 2.18. The van der Waals surface area contributed by atoms with Crippen LogP contribution >= 0.6 is 0 Å². The number of carboxylic acids is 1. The van der Waals surface area contributed by atoms with Crippen LogP contribution < -0.4 is 5.32 Å². The Morgan fingerprint density at radius 2 is 2.25 bits per heavy atom. The Kier molecular flexibility index (Phi) is 4.02. The van der Waals surface area contributed by atoms with Crippen molar-refractivity contribution in [3.63, 3.8) is 0 Å². The summed E-state index contributed by atoms with van der Waals surface area (Å²) in [6.45, 7) is 2.54. The van der Waals surface area contributed by atoms with E-state index < -0.39 is 5.97 Å². The molecule has 0 bridgehead atoms. The quantitative estimate of drug-likeness (QED) is 0.736. The number of nitrogens with zero attached hydrogens (tertiary/aromatic N) is 2. The van der Waals surface area contributed by atoms with Gasteiger partial charge in [-0.2, -0.15) is 5.10 Å². The molecule has 2 rings (SSSR count). The zero-order valence-electron chi connectivity index (χ0n) is 11.0. The highest BCUT2D eigenvalue weighted by Gasteiger charge is 2.27. The molecule has 2 amide bonds. The monoisotopic (exact) mass is 280 g/mol. The van der Waals surface area contributed by atoms with Crippen LogP contribution in [-0.4, -0.2) is 51.1 Å². The van der Waals surface area contributed by atoms with Crippen molar-refractivity contribution in [2.75, 3.05) is 18.4 Å². The lowest BCUT2D eigenvalue weighted by molar-refractivity contribution is -0.132. The maximum atomic E-state index is 12.1. The number of aromatic nitrogens is 2. The summed E-state index contributed by atoms with van der Waals surface area (Å²) in [6.07, 6.45) is 1.48. The van der Waals surface area contributed by atoms with E-state index in [4.69, 9.17) is 5.11 Å². The second-order valence-corrected chi connectivity index (χ2v) is 4.77. The molecular weight excluding hydrogens is 264 g/mol. The molecule has 8 heteroatoms. The predicted octanol–water partition coefficient (Wildman–Crippen LogP) is 0.305. The van der Waals surface area contributed by atoms with E-state index in [1.54, 1.807) is 4.90 Å². The maximum absolute atomic E-state index is 12.1. The highest BCUT2D eigenvalue weighted by atomic mass is 16.4. The van der Waals surface area contributed by atoms with E-state index in [1.165, 1.54) is 13.0 Å². The number of H-pyrrole nitrogens is 1. The lowest BCUT2D eigenvalue weighted by Gasteiger charge is -2.31. The molecule has 1 aliphatic heterocycles. The average Bonchev–Trinajstić information content (AvgIpc) is 2.87. The topological polar surface area (TPSA) is 115 Å². The summed E-state index contributed by atoms with van der Waals surface area (Å²) in [5, 5.41) is 17.3. The second kappa shape index (κ2) is 5.72. The number of carbonyl (C=O) groups excluding carboxylic acids is 2. The van der Waals surface area contributed by atoms with E-state index in [0.717, 1.165) is 6.42 Å². The van der Waals surface area contributed by atoms with Gasteiger partial charge in [0.2, 0.25) is 11.8 Å². The zero-order chi connectivity index (χ0) is 14.7. The molecule has 108 valence electrons. The molecule has 1 aromatic heterocycles. The third-order valence-corrected chi connectivity index (χ3v) is 3.30. The van der Waals surface area contributed by atoms with E-state index in [-0.39, 0.29) is 29.2 Å². The summed E-state index contributed by atoms with van der Waals surface area (Å²) < 4.78 is 0. The molecule has 0 aromatic carbocycles. The summed E-state index contributed by atoms with van der Waals surface area (Å²) >= 11 is 0. The Morgan fingerprint density at radius 3 is 2.85 bits per heavy atom. The number of likely N-dealkylation sites (tertiary alicyclic amines) is 1. The Morgan fingerprint density at radius 1 is 1.50 bits per heavy atom. The predicted molar refractivity (Wildman–Crippen MR) is 69.2 cm³/mol. The van der Waals surface area contributed by atoms with Crippen LogP contribution in [0.15, 0.2) is 6.07 Å². The fourth-order valence-electron chi connectivity index (χ4n) is 2.20. The molecule has 0 saturated carbocycles. The van der Waals surface area contributed by atoms with E-state index >= 15 is 0 Å². The Labute approximate surface area is 115 Å². The van der Waals surface area contributed by atoms with Crippen LogP contribution in [0.3, 0.4) is 0 Å². The minimum Gasteiger partial charge on any atom is -0.477 e. The van der Waals surface area contributed by atoms with Crippen molar-refractivity contribution in [2.45, 2.75) is 19.8 Å². The van der Waals surface area contributed by atoms with Crippen molar-refractivity contribution in [1.29, 1.82) is 0 Å². The average molecular weight is 280 g/mol. The summed E-state index contributed by atoms with van der Waals surface area (Å²) in [5.74, 6) is -1.56. The van der Waals surface area contributed by atoms with Gasteiger partial charge >= 0.3 is 5.97 Å². The Bertz CT molecular complexity index is 539. The normalized spacial score (nSPS) is 18.6. The largest absolute Gasteiger partial charge is 0.477 e. The molecule has 1 aliphatic rings. The van der Waals surface area contributed by atoms with Crippen LogP contribution in [0, 0.1) is 5.92 Å². The number of nitrogens with one attached hydrogen (secondary N) is 2. The van der Waals surface area contributed by atoms with Gasteiger partial charge in [-0.1, -0.05) is 0 Å². The fraction of sp³-hybridized carbons (Fsp3) is 0.500. The standard InChI is InChI=1S/C12H16N4O4/c1-7(17)16-4-2-3-8(6-16)11(18)13-10-5-9(12(19)20)14-15-10/h5,8H,2-4,6H2,1H3,(H,19,20)(H2,13,14,15,18). The van der Waals surface area contributed by atoms with Crippen molar-refractivity contribution < 1.29 is 19.5 Å². The number of amides is 2. The van der Waals surface area contributed by atoms with Gasteiger partial charge in [-0.05, 0) is 12.8 Å². The summed E-state index contributed by atoms with van der Waals surface area (Å²) in [5.41, 5.74) is -0.0886. The van der Waals surface area contributed by atoms with Gasteiger partial charge in [0.15, 0.2) is 5.82 Å². The summed E-state index contributed by atoms with van der Waals surface area (Å²) in [7, 11) is 0. The van der Waals surface area contributed by atoms with Gasteiger partial charge in [-0.15, -0.1) is 0 Å². The van der Waals surface area contributed by atoms with Gasteiger partial charge in [-0.25, -0.2) is 4.79 Å². The van der Waals surface area contributed by atoms with Crippen LogP contribution in [-0.2, 0) is 9.59 Å². The number of piperidine rings is 1. The molecule has 0 spiro atoms. The van der Waals surface area contributed by atoms with E-state index in [0.29, 0.717) is 19.5 Å². The first kappa shape index (κ1) is 14.0. The number of hydrogen-bond acceptors (Lipinski definition) is 4. The van der Waals surface area contributed by atoms with Crippen molar-refractivity contribution in [2.24, 2.45) is 5.92 Å². The number of carbonyl (C=O) groups is 3. The third-order valence-electron chi connectivity index (χ3n) is 3.30. The molecule has 3 N–H and O–H groups in total. The van der Waals surface area contributed by atoms with Crippen LogP contribution in [0.4, 0.5) is 5.82 Å². The van der Waals surface area contributed by atoms with Gasteiger partial charge in [-0.3, -0.25) is 14.7 Å². The van der Waals surface area contributed by atoms with Crippen molar-refractivity contribution >= 4 is 23.6 Å². The zero-order valence-corrected chi connectivity index (χ0v) is 11.0. The first-order chi connectivity index (χ1) is 9.47. The lowest BCUT2D eigenvalue weighted by atomic mass is 9.97. The van der Waals surface area contributed by atoms with Gasteiger partial charge < -0.3 is 15.3 Å². The number of anilines is 1. The van der Waals surface area contributed by atoms with Gasteiger partial charge in [0, 0.05) is 26.1 Å². The number of rotatable bonds is 3. The number of hydrogen-bond donors (Lipinski definition) is 3. The second-order valence-electron chi connectivity index (χ2n) is 4.77. The van der Waals surface area contributed by atoms with E-state index in [2.05, 4.69) is 15.5 Å². The van der Waals surface area contributed by atoms with Crippen molar-refractivity contribution in [3.8, 4) is 0 Å². The van der Waals surface area contributed by atoms with Crippen molar-refractivity contribution in [1.82, 2.24) is 15.1 Å². The summed E-state index contributed by atoms with van der Waals surface area (Å²) in [6, 6.07) is 1.26. The molecule has 1 fully saturated rings. The third kappa shape index (κ3) is 3.14. The smallest absolute Gasteiger partial charge is 0.353 e. The molecule has 20 heavy (non-hydrogen) atoms.